The van der Waals surface area contributed by atoms with Gasteiger partial charge in [-0.25, -0.2) is 4.98 Å². The summed E-state index contributed by atoms with van der Waals surface area (Å²) in [6.07, 6.45) is 4.04. The van der Waals surface area contributed by atoms with Gasteiger partial charge in [-0.3, -0.25) is 0 Å². The minimum Gasteiger partial charge on any atom is -0.326 e. The van der Waals surface area contributed by atoms with Crippen LogP contribution < -0.4 is 5.73 Å². The fourth-order valence-corrected chi connectivity index (χ4v) is 2.35. The molecule has 3 heterocycles. The van der Waals surface area contributed by atoms with E-state index >= 15 is 0 Å². The molecular formula is C12H11N3S. The van der Waals surface area contributed by atoms with Crippen LogP contribution in [0.15, 0.2) is 41.4 Å². The molecule has 3 aromatic heterocycles. The van der Waals surface area contributed by atoms with E-state index in [0.717, 1.165) is 16.9 Å². The lowest BCUT2D eigenvalue weighted by Crippen LogP contribution is -1.96. The van der Waals surface area contributed by atoms with E-state index in [9.17, 15) is 0 Å². The molecule has 80 valence electrons. The number of rotatable bonds is 2. The SMILES string of the molecule is NCc1ccn2cc(-c3ccsc3)nc2c1. The number of fused-ring (bicyclic) bond motifs is 1. The van der Waals surface area contributed by atoms with Crippen molar-refractivity contribution in [3.05, 3.63) is 46.9 Å². The highest BCUT2D eigenvalue weighted by Crippen LogP contribution is 2.21. The molecule has 0 aliphatic carbocycles. The summed E-state index contributed by atoms with van der Waals surface area (Å²) in [6.45, 7) is 0.553. The molecule has 3 nitrogen and oxygen atoms in total. The van der Waals surface area contributed by atoms with Gasteiger partial charge in [0.15, 0.2) is 0 Å². The number of hydrogen-bond acceptors (Lipinski definition) is 3. The quantitative estimate of drug-likeness (QED) is 0.733. The monoisotopic (exact) mass is 229 g/mol. The van der Waals surface area contributed by atoms with Crippen molar-refractivity contribution in [3.8, 4) is 11.3 Å². The molecule has 3 aromatic rings. The number of nitrogens with two attached hydrogens (primary N) is 1. The number of pyridine rings is 1. The average Bonchev–Trinajstić information content (AvgIpc) is 2.96. The molecule has 0 bridgehead atoms. The molecule has 0 spiro atoms. The first-order chi connectivity index (χ1) is 7.86. The summed E-state index contributed by atoms with van der Waals surface area (Å²) in [5.74, 6) is 0. The Morgan fingerprint density at radius 3 is 3.06 bits per heavy atom. The van der Waals surface area contributed by atoms with Crippen molar-refractivity contribution in [1.82, 2.24) is 9.38 Å². The molecule has 16 heavy (non-hydrogen) atoms. The van der Waals surface area contributed by atoms with Crippen LogP contribution >= 0.6 is 11.3 Å². The molecule has 0 aromatic carbocycles. The molecule has 0 aliphatic rings. The van der Waals surface area contributed by atoms with Crippen molar-refractivity contribution in [2.45, 2.75) is 6.54 Å². The lowest BCUT2D eigenvalue weighted by molar-refractivity contribution is 1.05. The van der Waals surface area contributed by atoms with Crippen molar-refractivity contribution in [2.75, 3.05) is 0 Å². The van der Waals surface area contributed by atoms with Gasteiger partial charge in [0, 0.05) is 29.9 Å². The molecule has 0 unspecified atom stereocenters. The Labute approximate surface area is 97.2 Å². The Morgan fingerprint density at radius 1 is 1.38 bits per heavy atom. The maximum absolute atomic E-state index is 5.61. The summed E-state index contributed by atoms with van der Waals surface area (Å²) in [4.78, 5) is 4.58. The average molecular weight is 229 g/mol. The van der Waals surface area contributed by atoms with Gasteiger partial charge in [0.1, 0.15) is 5.65 Å². The van der Waals surface area contributed by atoms with Crippen LogP contribution in [0.3, 0.4) is 0 Å². The number of nitrogens with zero attached hydrogens (tertiary/aromatic N) is 2. The Hall–Kier alpha value is -1.65. The lowest BCUT2D eigenvalue weighted by atomic mass is 10.3. The van der Waals surface area contributed by atoms with Crippen LogP contribution in [0, 0.1) is 0 Å². The van der Waals surface area contributed by atoms with E-state index in [-0.39, 0.29) is 0 Å². The number of imidazole rings is 1. The minimum absolute atomic E-state index is 0.553. The summed E-state index contributed by atoms with van der Waals surface area (Å²) in [5, 5.41) is 4.16. The van der Waals surface area contributed by atoms with Gasteiger partial charge < -0.3 is 10.1 Å². The third-order valence-corrected chi connectivity index (χ3v) is 3.26. The largest absolute Gasteiger partial charge is 0.326 e. The maximum Gasteiger partial charge on any atom is 0.137 e. The molecule has 0 aliphatic heterocycles. The van der Waals surface area contributed by atoms with Crippen LogP contribution in [0.2, 0.25) is 0 Å². The van der Waals surface area contributed by atoms with Gasteiger partial charge in [0.25, 0.3) is 0 Å². The zero-order valence-electron chi connectivity index (χ0n) is 8.63. The fraction of sp³-hybridized carbons (Fsp3) is 0.0833. The molecule has 2 N–H and O–H groups in total. The van der Waals surface area contributed by atoms with Gasteiger partial charge in [-0.05, 0) is 29.1 Å². The van der Waals surface area contributed by atoms with Gasteiger partial charge in [-0.15, -0.1) is 0 Å². The third kappa shape index (κ3) is 1.52. The highest BCUT2D eigenvalue weighted by atomic mass is 32.1. The van der Waals surface area contributed by atoms with Crippen LogP contribution in [-0.2, 0) is 6.54 Å². The standard InChI is InChI=1S/C12H11N3S/c13-6-9-1-3-15-7-11(14-12(15)5-9)10-2-4-16-8-10/h1-5,7-8H,6,13H2. The van der Waals surface area contributed by atoms with Crippen LogP contribution in [0.1, 0.15) is 5.56 Å². The van der Waals surface area contributed by atoms with Gasteiger partial charge in [0.05, 0.1) is 5.69 Å². The molecule has 0 atom stereocenters. The van der Waals surface area contributed by atoms with Gasteiger partial charge in [0.2, 0.25) is 0 Å². The zero-order valence-corrected chi connectivity index (χ0v) is 9.45. The Bertz CT molecular complexity index is 610. The van der Waals surface area contributed by atoms with E-state index in [0.29, 0.717) is 6.54 Å². The highest BCUT2D eigenvalue weighted by molar-refractivity contribution is 7.08. The van der Waals surface area contributed by atoms with Crippen LogP contribution in [-0.4, -0.2) is 9.38 Å². The van der Waals surface area contributed by atoms with Crippen molar-refractivity contribution in [2.24, 2.45) is 5.73 Å². The summed E-state index contributed by atoms with van der Waals surface area (Å²) in [6, 6.07) is 6.12. The fourth-order valence-electron chi connectivity index (χ4n) is 1.70. The van der Waals surface area contributed by atoms with Gasteiger partial charge in [-0.2, -0.15) is 11.3 Å². The molecule has 0 fully saturated rings. The first-order valence-corrected chi connectivity index (χ1v) is 6.01. The molecule has 3 rings (SSSR count). The molecule has 0 saturated heterocycles. The van der Waals surface area contributed by atoms with E-state index in [2.05, 4.69) is 21.8 Å². The summed E-state index contributed by atoms with van der Waals surface area (Å²) < 4.78 is 2.02. The minimum atomic E-state index is 0.553. The van der Waals surface area contributed by atoms with E-state index < -0.39 is 0 Å². The first-order valence-electron chi connectivity index (χ1n) is 5.07. The predicted molar refractivity (Wildman–Crippen MR) is 66.4 cm³/mol. The van der Waals surface area contributed by atoms with E-state index in [1.54, 1.807) is 11.3 Å². The molecule has 0 amide bonds. The predicted octanol–water partition coefficient (Wildman–Crippen LogP) is 2.52. The van der Waals surface area contributed by atoms with Crippen LogP contribution in [0.4, 0.5) is 0 Å². The summed E-state index contributed by atoms with van der Waals surface area (Å²) >= 11 is 1.68. The topological polar surface area (TPSA) is 43.3 Å². The first kappa shape index (κ1) is 9.57. The number of thiophene rings is 1. The normalized spacial score (nSPS) is 11.1. The lowest BCUT2D eigenvalue weighted by Gasteiger charge is -1.96. The van der Waals surface area contributed by atoms with Gasteiger partial charge in [-0.1, -0.05) is 0 Å². The van der Waals surface area contributed by atoms with E-state index in [1.165, 1.54) is 5.56 Å². The number of hydrogen-bond donors (Lipinski definition) is 1. The maximum atomic E-state index is 5.61. The van der Waals surface area contributed by atoms with E-state index in [1.807, 2.05) is 28.9 Å². The Kier molecular flexibility index (Phi) is 2.23. The van der Waals surface area contributed by atoms with E-state index in [4.69, 9.17) is 5.73 Å². The van der Waals surface area contributed by atoms with Crippen molar-refractivity contribution < 1.29 is 0 Å². The van der Waals surface area contributed by atoms with Crippen LogP contribution in [0.25, 0.3) is 16.9 Å². The van der Waals surface area contributed by atoms with Crippen LogP contribution in [0.5, 0.6) is 0 Å². The Balaban J connectivity index is 2.16. The second-order valence-corrected chi connectivity index (χ2v) is 4.42. The Morgan fingerprint density at radius 2 is 2.31 bits per heavy atom. The molecule has 0 saturated carbocycles. The molecule has 0 radical (unpaired) electrons. The molecule has 4 heteroatoms. The second kappa shape index (κ2) is 3.73. The van der Waals surface area contributed by atoms with Gasteiger partial charge >= 0.3 is 0 Å². The second-order valence-electron chi connectivity index (χ2n) is 3.64. The van der Waals surface area contributed by atoms with Crippen molar-refractivity contribution in [3.63, 3.8) is 0 Å². The molecular weight excluding hydrogens is 218 g/mol. The third-order valence-electron chi connectivity index (χ3n) is 2.58. The number of aromatic nitrogens is 2. The van der Waals surface area contributed by atoms with Crippen molar-refractivity contribution in [1.29, 1.82) is 0 Å². The summed E-state index contributed by atoms with van der Waals surface area (Å²) in [5.41, 5.74) is 9.84. The smallest absolute Gasteiger partial charge is 0.137 e. The zero-order chi connectivity index (χ0) is 11.0. The summed E-state index contributed by atoms with van der Waals surface area (Å²) in [7, 11) is 0. The highest BCUT2D eigenvalue weighted by Gasteiger charge is 2.04. The van der Waals surface area contributed by atoms with Crippen molar-refractivity contribution >= 4 is 17.0 Å².